The van der Waals surface area contributed by atoms with E-state index in [9.17, 15) is 0 Å². The van der Waals surface area contributed by atoms with Crippen molar-refractivity contribution in [1.82, 2.24) is 24.8 Å². The largest absolute Gasteiger partial charge is 0.495 e. The molecule has 0 saturated carbocycles. The van der Waals surface area contributed by atoms with Crippen molar-refractivity contribution in [1.29, 1.82) is 0 Å². The number of aryl methyl sites for hydroxylation is 2. The number of rotatable bonds is 4. The fourth-order valence-electron chi connectivity index (χ4n) is 3.62. The monoisotopic (exact) mass is 477 g/mol. The van der Waals surface area contributed by atoms with Crippen molar-refractivity contribution in [3.05, 3.63) is 60.2 Å². The van der Waals surface area contributed by atoms with Gasteiger partial charge in [-0.15, -0.1) is 0 Å². The number of ether oxygens (including phenoxy) is 1. The summed E-state index contributed by atoms with van der Waals surface area (Å²) in [5.74, 6) is 2.46. The van der Waals surface area contributed by atoms with E-state index in [1.165, 1.54) is 0 Å². The average Bonchev–Trinajstić information content (AvgIpc) is 2.84. The van der Waals surface area contributed by atoms with Crippen molar-refractivity contribution in [2.24, 2.45) is 4.99 Å². The van der Waals surface area contributed by atoms with Crippen LogP contribution >= 0.6 is 12.2 Å². The lowest BCUT2D eigenvalue weighted by molar-refractivity contribution is 0.382. The third-order valence-corrected chi connectivity index (χ3v) is 5.37. The molecule has 1 saturated heterocycles. The summed E-state index contributed by atoms with van der Waals surface area (Å²) >= 11 is 5.56. The summed E-state index contributed by atoms with van der Waals surface area (Å²) in [6.07, 6.45) is 3.50. The first-order valence-corrected chi connectivity index (χ1v) is 11.3. The molecule has 1 aliphatic rings. The van der Waals surface area contributed by atoms with Gasteiger partial charge >= 0.3 is 0 Å². The van der Waals surface area contributed by atoms with Gasteiger partial charge in [-0.25, -0.2) is 19.9 Å². The number of methoxy groups -OCH3 is 1. The van der Waals surface area contributed by atoms with E-state index >= 15 is 0 Å². The molecule has 2 aromatic heterocycles. The van der Waals surface area contributed by atoms with E-state index in [-0.39, 0.29) is 0 Å². The molecule has 3 heterocycles. The summed E-state index contributed by atoms with van der Waals surface area (Å²) in [6, 6.07) is 11.3. The molecule has 4 rings (SSSR count). The van der Waals surface area contributed by atoms with E-state index < -0.39 is 0 Å². The molecule has 0 spiro atoms. The van der Waals surface area contributed by atoms with Crippen molar-refractivity contribution in [2.75, 3.05) is 48.8 Å². The van der Waals surface area contributed by atoms with E-state index in [2.05, 4.69) is 45.4 Å². The predicted octanol–water partition coefficient (Wildman–Crippen LogP) is 2.88. The molecule has 10 nitrogen and oxygen atoms in total. The summed E-state index contributed by atoms with van der Waals surface area (Å²) in [5, 5.41) is 6.73. The number of guanidine groups is 1. The first kappa shape index (κ1) is 23.3. The number of aromatic nitrogens is 4. The summed E-state index contributed by atoms with van der Waals surface area (Å²) in [5.41, 5.74) is 2.48. The predicted molar refractivity (Wildman–Crippen MR) is 138 cm³/mol. The number of benzene rings is 1. The van der Waals surface area contributed by atoms with Crippen molar-refractivity contribution in [3.8, 4) is 5.75 Å². The number of hydrogen-bond donors (Lipinski definition) is 2. The highest BCUT2D eigenvalue weighted by Crippen LogP contribution is 2.23. The molecule has 176 valence electrons. The Morgan fingerprint density at radius 3 is 2.32 bits per heavy atom. The third kappa shape index (κ3) is 5.93. The van der Waals surface area contributed by atoms with Crippen LogP contribution in [-0.2, 0) is 0 Å². The number of nitrogens with one attached hydrogen (secondary N) is 2. The van der Waals surface area contributed by atoms with E-state index in [0.717, 1.165) is 36.1 Å². The van der Waals surface area contributed by atoms with Gasteiger partial charge in [0, 0.05) is 50.0 Å². The number of hydrogen-bond acceptors (Lipinski definition) is 7. The number of anilines is 3. The van der Waals surface area contributed by atoms with Crippen LogP contribution in [-0.4, -0.2) is 69.2 Å². The Hall–Kier alpha value is -3.86. The van der Waals surface area contributed by atoms with Crippen LogP contribution in [0.3, 0.4) is 0 Å². The summed E-state index contributed by atoms with van der Waals surface area (Å²) in [7, 11) is 1.62. The van der Waals surface area contributed by atoms with Crippen molar-refractivity contribution in [2.45, 2.75) is 13.8 Å². The SMILES string of the molecule is COc1ccccc1NC(=S)/N=C(/Nc1nc(C)cc(C)n1)N1CCN(c2ncccn2)CC1. The number of para-hydroxylation sites is 2. The van der Waals surface area contributed by atoms with Crippen LogP contribution in [0.2, 0.25) is 0 Å². The Morgan fingerprint density at radius 1 is 0.971 bits per heavy atom. The number of thiocarbonyl (C=S) groups is 1. The van der Waals surface area contributed by atoms with Crippen LogP contribution in [0.15, 0.2) is 53.8 Å². The van der Waals surface area contributed by atoms with Gasteiger partial charge in [0.25, 0.3) is 0 Å². The van der Waals surface area contributed by atoms with Gasteiger partial charge < -0.3 is 19.9 Å². The number of nitrogens with zero attached hydrogens (tertiary/aromatic N) is 7. The lowest BCUT2D eigenvalue weighted by Gasteiger charge is -2.36. The third-order valence-electron chi connectivity index (χ3n) is 5.18. The molecule has 2 N–H and O–H groups in total. The Bertz CT molecular complexity index is 1140. The quantitative estimate of drug-likeness (QED) is 0.331. The van der Waals surface area contributed by atoms with E-state index in [1.54, 1.807) is 19.5 Å². The smallest absolute Gasteiger partial charge is 0.229 e. The molecule has 0 bridgehead atoms. The second kappa shape index (κ2) is 10.8. The van der Waals surface area contributed by atoms with Crippen LogP contribution in [0.5, 0.6) is 5.75 Å². The molecule has 11 heteroatoms. The number of piperazine rings is 1. The lowest BCUT2D eigenvalue weighted by Crippen LogP contribution is -2.51. The molecule has 0 amide bonds. The van der Waals surface area contributed by atoms with Crippen molar-refractivity contribution >= 4 is 40.9 Å². The topological polar surface area (TPSA) is 104 Å². The second-order valence-electron chi connectivity index (χ2n) is 7.69. The highest BCUT2D eigenvalue weighted by Gasteiger charge is 2.23. The van der Waals surface area contributed by atoms with Gasteiger partial charge in [-0.1, -0.05) is 12.1 Å². The zero-order chi connectivity index (χ0) is 23.9. The standard InChI is InChI=1S/C23H27N9OS/c1-16-15-17(2)27-20(26-16)29-22(30-23(34)28-18-7-4-5-8-19(18)33-3)32-13-11-31(12-14-32)21-24-9-6-10-25-21/h4-10,15H,11-14H2,1-3H3,(H2,26,27,28,29,30,34). The first-order chi connectivity index (χ1) is 16.5. The number of aliphatic imine (C=N–C) groups is 1. The Kier molecular flexibility index (Phi) is 7.43. The van der Waals surface area contributed by atoms with E-state index in [1.807, 2.05) is 50.2 Å². The molecule has 0 atom stereocenters. The Balaban J connectivity index is 1.54. The van der Waals surface area contributed by atoms with Crippen molar-refractivity contribution in [3.63, 3.8) is 0 Å². The summed E-state index contributed by atoms with van der Waals surface area (Å²) in [6.45, 7) is 6.75. The molecule has 0 radical (unpaired) electrons. The maximum Gasteiger partial charge on any atom is 0.229 e. The zero-order valence-electron chi connectivity index (χ0n) is 19.4. The van der Waals surface area contributed by atoms with Crippen LogP contribution in [0, 0.1) is 13.8 Å². The fourth-order valence-corrected chi connectivity index (χ4v) is 3.82. The molecule has 1 aliphatic heterocycles. The maximum absolute atomic E-state index is 5.56. The minimum Gasteiger partial charge on any atom is -0.495 e. The van der Waals surface area contributed by atoms with E-state index in [4.69, 9.17) is 17.0 Å². The van der Waals surface area contributed by atoms with Crippen LogP contribution < -0.4 is 20.3 Å². The Labute approximate surface area is 204 Å². The fraction of sp³-hybridized carbons (Fsp3) is 0.304. The lowest BCUT2D eigenvalue weighted by atomic mass is 10.3. The molecule has 3 aromatic rings. The molecule has 0 aliphatic carbocycles. The van der Waals surface area contributed by atoms with Crippen LogP contribution in [0.4, 0.5) is 17.6 Å². The van der Waals surface area contributed by atoms with Gasteiger partial charge in [0.05, 0.1) is 12.8 Å². The highest BCUT2D eigenvalue weighted by atomic mass is 32.1. The molecule has 0 unspecified atom stereocenters. The van der Waals surface area contributed by atoms with Gasteiger partial charge in [0.2, 0.25) is 23.0 Å². The molecular formula is C23H27N9OS. The first-order valence-electron chi connectivity index (χ1n) is 10.9. The zero-order valence-corrected chi connectivity index (χ0v) is 20.2. The maximum atomic E-state index is 5.56. The van der Waals surface area contributed by atoms with Crippen LogP contribution in [0.25, 0.3) is 0 Å². The van der Waals surface area contributed by atoms with Crippen LogP contribution in [0.1, 0.15) is 11.4 Å². The van der Waals surface area contributed by atoms with Gasteiger partial charge in [0.15, 0.2) is 0 Å². The summed E-state index contributed by atoms with van der Waals surface area (Å²) in [4.78, 5) is 26.7. The second-order valence-corrected chi connectivity index (χ2v) is 8.07. The highest BCUT2D eigenvalue weighted by molar-refractivity contribution is 7.80. The minimum absolute atomic E-state index is 0.296. The molecule has 34 heavy (non-hydrogen) atoms. The normalized spacial score (nSPS) is 14.0. The molecule has 1 fully saturated rings. The van der Waals surface area contributed by atoms with Gasteiger partial charge in [-0.3, -0.25) is 5.32 Å². The minimum atomic E-state index is 0.296. The summed E-state index contributed by atoms with van der Waals surface area (Å²) < 4.78 is 5.41. The Morgan fingerprint density at radius 2 is 1.65 bits per heavy atom. The van der Waals surface area contributed by atoms with Crippen molar-refractivity contribution < 1.29 is 4.74 Å². The average molecular weight is 478 g/mol. The van der Waals surface area contributed by atoms with Gasteiger partial charge in [-0.05, 0) is 50.3 Å². The van der Waals surface area contributed by atoms with Gasteiger partial charge in [0.1, 0.15) is 5.75 Å². The molecular weight excluding hydrogens is 450 g/mol. The van der Waals surface area contributed by atoms with E-state index in [0.29, 0.717) is 35.9 Å². The molecule has 1 aromatic carbocycles. The van der Waals surface area contributed by atoms with Gasteiger partial charge in [-0.2, -0.15) is 4.99 Å².